The van der Waals surface area contributed by atoms with Gasteiger partial charge >= 0.3 is 0 Å². The maximum atomic E-state index is 12.4. The number of β-amino-alcohol motifs (C(OH)–C–C–N with tert-alkyl or cyclic N) is 1. The molecule has 154 valence electrons. The van der Waals surface area contributed by atoms with E-state index >= 15 is 0 Å². The quantitative estimate of drug-likeness (QED) is 0.537. The molecule has 1 aromatic heterocycles. The second kappa shape index (κ2) is 9.30. The molecule has 2 aliphatic heterocycles. The number of anilines is 1. The lowest BCUT2D eigenvalue weighted by atomic mass is 10.00. The van der Waals surface area contributed by atoms with E-state index in [1.54, 1.807) is 6.07 Å². The fraction of sp³-hybridized carbons (Fsp3) is 0.476. The largest absolute Gasteiger partial charge is 0.390 e. The first-order valence-corrected chi connectivity index (χ1v) is 10.2. The Balaban J connectivity index is 1.25. The predicted octanol–water partition coefficient (Wildman–Crippen LogP) is 0.399. The number of nitrogens with one attached hydrogen (secondary N) is 3. The van der Waals surface area contributed by atoms with Crippen LogP contribution in [-0.2, 0) is 13.0 Å². The summed E-state index contributed by atoms with van der Waals surface area (Å²) in [5.41, 5.74) is 2.99. The summed E-state index contributed by atoms with van der Waals surface area (Å²) >= 11 is 0. The highest BCUT2D eigenvalue weighted by molar-refractivity contribution is 5.92. The van der Waals surface area contributed by atoms with E-state index in [1.807, 2.05) is 6.07 Å². The summed E-state index contributed by atoms with van der Waals surface area (Å²) in [6, 6.07) is 10.4. The van der Waals surface area contributed by atoms with E-state index in [4.69, 9.17) is 0 Å². The van der Waals surface area contributed by atoms with Crippen LogP contribution < -0.4 is 16.0 Å². The number of benzene rings is 1. The van der Waals surface area contributed by atoms with E-state index in [-0.39, 0.29) is 12.5 Å². The molecule has 8 nitrogen and oxygen atoms in total. The highest BCUT2D eigenvalue weighted by atomic mass is 16.3. The molecule has 4 N–H and O–H groups in total. The van der Waals surface area contributed by atoms with Crippen LogP contribution in [0.2, 0.25) is 0 Å². The summed E-state index contributed by atoms with van der Waals surface area (Å²) < 4.78 is 0. The van der Waals surface area contributed by atoms with Crippen molar-refractivity contribution in [1.82, 2.24) is 25.5 Å². The Morgan fingerprint density at radius 2 is 2.17 bits per heavy atom. The van der Waals surface area contributed by atoms with Gasteiger partial charge in [0.1, 0.15) is 17.8 Å². The monoisotopic (exact) mass is 396 g/mol. The van der Waals surface area contributed by atoms with Crippen molar-refractivity contribution in [3.8, 4) is 0 Å². The van der Waals surface area contributed by atoms with Gasteiger partial charge in [-0.3, -0.25) is 9.69 Å². The van der Waals surface area contributed by atoms with Crippen LogP contribution in [0.1, 0.15) is 28.0 Å². The number of aliphatic hydroxyl groups excluding tert-OH is 1. The Morgan fingerprint density at radius 1 is 1.31 bits per heavy atom. The summed E-state index contributed by atoms with van der Waals surface area (Å²) in [4.78, 5) is 22.9. The smallest absolute Gasteiger partial charge is 0.270 e. The predicted molar refractivity (Wildman–Crippen MR) is 111 cm³/mol. The number of hydrogen-bond acceptors (Lipinski definition) is 7. The van der Waals surface area contributed by atoms with E-state index < -0.39 is 6.10 Å². The Labute approximate surface area is 170 Å². The second-order valence-electron chi connectivity index (χ2n) is 7.74. The summed E-state index contributed by atoms with van der Waals surface area (Å²) in [6.45, 7) is 4.34. The fourth-order valence-corrected chi connectivity index (χ4v) is 3.92. The minimum atomic E-state index is -0.631. The first-order valence-electron chi connectivity index (χ1n) is 10.2. The number of carbonyl (C=O) groups is 1. The summed E-state index contributed by atoms with van der Waals surface area (Å²) in [7, 11) is 0. The molecule has 1 aromatic carbocycles. The molecule has 0 spiro atoms. The molecule has 0 bridgehead atoms. The second-order valence-corrected chi connectivity index (χ2v) is 7.74. The molecule has 0 aliphatic carbocycles. The van der Waals surface area contributed by atoms with Crippen LogP contribution in [-0.4, -0.2) is 70.8 Å². The molecule has 0 saturated carbocycles. The number of fused-ring (bicyclic) bond motifs is 1. The van der Waals surface area contributed by atoms with Crippen molar-refractivity contribution in [2.45, 2.75) is 31.5 Å². The van der Waals surface area contributed by atoms with E-state index in [2.05, 4.69) is 49.0 Å². The number of aliphatic hydroxyl groups is 1. The van der Waals surface area contributed by atoms with Crippen molar-refractivity contribution < 1.29 is 9.90 Å². The lowest BCUT2D eigenvalue weighted by Gasteiger charge is -2.30. The Bertz CT molecular complexity index is 839. The third-order valence-corrected chi connectivity index (χ3v) is 5.49. The van der Waals surface area contributed by atoms with Gasteiger partial charge in [0.05, 0.1) is 6.10 Å². The lowest BCUT2D eigenvalue weighted by Crippen LogP contribution is -2.42. The maximum absolute atomic E-state index is 12.4. The molecular weight excluding hydrogens is 368 g/mol. The Hall–Kier alpha value is -2.55. The van der Waals surface area contributed by atoms with Crippen molar-refractivity contribution in [3.63, 3.8) is 0 Å². The Morgan fingerprint density at radius 3 is 3.00 bits per heavy atom. The molecule has 1 saturated heterocycles. The zero-order valence-corrected chi connectivity index (χ0v) is 16.5. The first kappa shape index (κ1) is 19.8. The maximum Gasteiger partial charge on any atom is 0.270 e. The highest BCUT2D eigenvalue weighted by Crippen LogP contribution is 2.18. The Kier molecular flexibility index (Phi) is 6.33. The van der Waals surface area contributed by atoms with Gasteiger partial charge in [-0.05, 0) is 30.5 Å². The molecule has 2 atom stereocenters. The van der Waals surface area contributed by atoms with Crippen molar-refractivity contribution in [2.75, 3.05) is 38.0 Å². The van der Waals surface area contributed by atoms with Crippen LogP contribution in [0, 0.1) is 0 Å². The van der Waals surface area contributed by atoms with Gasteiger partial charge in [0.15, 0.2) is 0 Å². The molecule has 4 rings (SSSR count). The van der Waals surface area contributed by atoms with E-state index in [0.29, 0.717) is 24.1 Å². The molecule has 3 heterocycles. The SMILES string of the molecule is O=C(NC[C@H](O)CN1CCc2ccccc2C1)c1cc(NC2CCNC2)ncn1. The van der Waals surface area contributed by atoms with Gasteiger partial charge in [-0.15, -0.1) is 0 Å². The molecule has 1 unspecified atom stereocenters. The van der Waals surface area contributed by atoms with Crippen LogP contribution in [0.4, 0.5) is 5.82 Å². The van der Waals surface area contributed by atoms with Gasteiger partial charge < -0.3 is 21.1 Å². The third kappa shape index (κ3) is 5.29. The van der Waals surface area contributed by atoms with Gasteiger partial charge in [0.25, 0.3) is 5.91 Å². The lowest BCUT2D eigenvalue weighted by molar-refractivity contribution is 0.0838. The van der Waals surface area contributed by atoms with E-state index in [1.165, 1.54) is 17.5 Å². The molecule has 0 radical (unpaired) electrons. The number of carbonyl (C=O) groups excluding carboxylic acids is 1. The average Bonchev–Trinajstić information content (AvgIpc) is 3.25. The molecule has 29 heavy (non-hydrogen) atoms. The normalized spacial score (nSPS) is 20.1. The van der Waals surface area contributed by atoms with Crippen molar-refractivity contribution in [2.24, 2.45) is 0 Å². The van der Waals surface area contributed by atoms with Gasteiger partial charge in [0.2, 0.25) is 0 Å². The number of hydrogen-bond donors (Lipinski definition) is 4. The standard InChI is InChI=1S/C21H28N6O2/c28-18(13-27-8-6-15-3-1-2-4-16(15)12-27)11-23-21(29)19-9-20(25-14-24-19)26-17-5-7-22-10-17/h1-4,9,14,17-18,22,28H,5-8,10-13H2,(H,23,29)(H,24,25,26)/t17?,18-/m0/s1. The van der Waals surface area contributed by atoms with E-state index in [9.17, 15) is 9.90 Å². The van der Waals surface area contributed by atoms with Crippen molar-refractivity contribution >= 4 is 11.7 Å². The van der Waals surface area contributed by atoms with Crippen LogP contribution >= 0.6 is 0 Å². The van der Waals surface area contributed by atoms with Crippen LogP contribution in [0.3, 0.4) is 0 Å². The number of amides is 1. The molecule has 2 aromatic rings. The topological polar surface area (TPSA) is 102 Å². The minimum absolute atomic E-state index is 0.191. The highest BCUT2D eigenvalue weighted by Gasteiger charge is 2.20. The van der Waals surface area contributed by atoms with Gasteiger partial charge in [-0.25, -0.2) is 9.97 Å². The zero-order valence-electron chi connectivity index (χ0n) is 16.5. The summed E-state index contributed by atoms with van der Waals surface area (Å²) in [5.74, 6) is 0.342. The number of rotatable bonds is 7. The van der Waals surface area contributed by atoms with Crippen LogP contribution in [0.25, 0.3) is 0 Å². The third-order valence-electron chi connectivity index (χ3n) is 5.49. The van der Waals surface area contributed by atoms with Crippen molar-refractivity contribution in [3.05, 3.63) is 53.5 Å². The average molecular weight is 396 g/mol. The van der Waals surface area contributed by atoms with Gasteiger partial charge in [-0.1, -0.05) is 24.3 Å². The fourth-order valence-electron chi connectivity index (χ4n) is 3.92. The summed E-state index contributed by atoms with van der Waals surface area (Å²) in [6.07, 6.45) is 2.77. The molecule has 1 amide bonds. The minimum Gasteiger partial charge on any atom is -0.390 e. The van der Waals surface area contributed by atoms with Crippen molar-refractivity contribution in [1.29, 1.82) is 0 Å². The molecule has 8 heteroatoms. The zero-order chi connectivity index (χ0) is 20.1. The molecule has 2 aliphatic rings. The number of aromatic nitrogens is 2. The van der Waals surface area contributed by atoms with Gasteiger partial charge in [0, 0.05) is 44.8 Å². The van der Waals surface area contributed by atoms with Crippen LogP contribution in [0.5, 0.6) is 0 Å². The van der Waals surface area contributed by atoms with Gasteiger partial charge in [-0.2, -0.15) is 0 Å². The van der Waals surface area contributed by atoms with Crippen LogP contribution in [0.15, 0.2) is 36.7 Å². The molecule has 1 fully saturated rings. The number of nitrogens with zero attached hydrogens (tertiary/aromatic N) is 3. The first-order chi connectivity index (χ1) is 14.2. The molecular formula is C21H28N6O2. The van der Waals surface area contributed by atoms with E-state index in [0.717, 1.165) is 39.0 Å². The summed E-state index contributed by atoms with van der Waals surface area (Å²) in [5, 5.41) is 19.8.